The first-order chi connectivity index (χ1) is 10.8. The molecular formula is C17H17N3O2. The van der Waals surface area contributed by atoms with Crippen LogP contribution < -0.4 is 5.32 Å². The summed E-state index contributed by atoms with van der Waals surface area (Å²) in [6, 6.07) is 15.5. The topological polar surface area (TPSA) is 56.1 Å². The van der Waals surface area contributed by atoms with Gasteiger partial charge in [0.2, 0.25) is 0 Å². The molecule has 0 aliphatic heterocycles. The number of methoxy groups -OCH3 is 1. The first-order valence-corrected chi connectivity index (χ1v) is 7.09. The zero-order chi connectivity index (χ0) is 15.4. The van der Waals surface area contributed by atoms with Crippen LogP contribution in [0.1, 0.15) is 10.4 Å². The van der Waals surface area contributed by atoms with Crippen LogP contribution in [-0.4, -0.2) is 35.7 Å². The Balaban J connectivity index is 1.88. The van der Waals surface area contributed by atoms with Crippen LogP contribution in [0, 0.1) is 0 Å². The molecule has 112 valence electrons. The molecular weight excluding hydrogens is 278 g/mol. The molecule has 5 nitrogen and oxygen atoms in total. The van der Waals surface area contributed by atoms with Crippen LogP contribution in [0.25, 0.3) is 16.7 Å². The second-order valence-corrected chi connectivity index (χ2v) is 4.90. The molecule has 1 aromatic heterocycles. The fourth-order valence-corrected chi connectivity index (χ4v) is 2.32. The molecule has 22 heavy (non-hydrogen) atoms. The minimum absolute atomic E-state index is 0.117. The third-order valence-corrected chi connectivity index (χ3v) is 3.44. The summed E-state index contributed by atoms with van der Waals surface area (Å²) < 4.78 is 6.92. The average molecular weight is 295 g/mol. The molecule has 0 fully saturated rings. The van der Waals surface area contributed by atoms with Gasteiger partial charge >= 0.3 is 0 Å². The van der Waals surface area contributed by atoms with Gasteiger partial charge in [-0.15, -0.1) is 0 Å². The molecule has 0 bridgehead atoms. The summed E-state index contributed by atoms with van der Waals surface area (Å²) in [6.07, 6.45) is 1.77. The van der Waals surface area contributed by atoms with Crippen molar-refractivity contribution in [2.75, 3.05) is 20.3 Å². The van der Waals surface area contributed by atoms with Crippen molar-refractivity contribution in [2.24, 2.45) is 0 Å². The first kappa shape index (κ1) is 14.3. The summed E-state index contributed by atoms with van der Waals surface area (Å²) in [5.74, 6) is -0.117. The number of rotatable bonds is 5. The van der Waals surface area contributed by atoms with E-state index in [-0.39, 0.29) is 5.91 Å². The summed E-state index contributed by atoms with van der Waals surface area (Å²) in [5.41, 5.74) is 3.41. The van der Waals surface area contributed by atoms with E-state index in [1.54, 1.807) is 19.5 Å². The number of carbonyl (C=O) groups excluding carboxylic acids is 1. The molecule has 0 aliphatic rings. The highest BCUT2D eigenvalue weighted by Crippen LogP contribution is 2.19. The van der Waals surface area contributed by atoms with E-state index >= 15 is 0 Å². The van der Waals surface area contributed by atoms with Crippen molar-refractivity contribution < 1.29 is 9.53 Å². The van der Waals surface area contributed by atoms with Gasteiger partial charge in [-0.1, -0.05) is 18.2 Å². The molecule has 1 amide bonds. The predicted octanol–water partition coefficient (Wildman–Crippen LogP) is 2.40. The van der Waals surface area contributed by atoms with E-state index in [1.165, 1.54) is 0 Å². The van der Waals surface area contributed by atoms with Gasteiger partial charge in [-0.3, -0.25) is 9.36 Å². The molecule has 0 radical (unpaired) electrons. The lowest BCUT2D eigenvalue weighted by molar-refractivity contribution is 0.0937. The molecule has 0 saturated heterocycles. The average Bonchev–Trinajstić information content (AvgIpc) is 2.99. The van der Waals surface area contributed by atoms with Gasteiger partial charge in [0.1, 0.15) is 6.33 Å². The smallest absolute Gasteiger partial charge is 0.251 e. The highest BCUT2D eigenvalue weighted by molar-refractivity contribution is 5.97. The SMILES string of the molecule is COCCNC(=O)c1ccc2c(c1)ncn2-c1ccccc1. The van der Waals surface area contributed by atoms with Crippen molar-refractivity contribution >= 4 is 16.9 Å². The van der Waals surface area contributed by atoms with Crippen LogP contribution in [0.4, 0.5) is 0 Å². The number of hydrogen-bond acceptors (Lipinski definition) is 3. The zero-order valence-corrected chi connectivity index (χ0v) is 12.3. The summed E-state index contributed by atoms with van der Waals surface area (Å²) >= 11 is 0. The van der Waals surface area contributed by atoms with Crippen molar-refractivity contribution in [1.29, 1.82) is 0 Å². The highest BCUT2D eigenvalue weighted by Gasteiger charge is 2.09. The Labute approximate surface area is 128 Å². The maximum Gasteiger partial charge on any atom is 0.251 e. The van der Waals surface area contributed by atoms with Gasteiger partial charge in [-0.2, -0.15) is 0 Å². The number of ether oxygens (including phenoxy) is 1. The van der Waals surface area contributed by atoms with Crippen LogP contribution in [0.5, 0.6) is 0 Å². The van der Waals surface area contributed by atoms with Gasteiger partial charge in [0.15, 0.2) is 0 Å². The molecule has 0 spiro atoms. The quantitative estimate of drug-likeness (QED) is 0.735. The Morgan fingerprint density at radius 3 is 2.82 bits per heavy atom. The monoisotopic (exact) mass is 295 g/mol. The molecule has 3 aromatic rings. The number of imidazole rings is 1. The van der Waals surface area contributed by atoms with Crippen LogP contribution in [0.3, 0.4) is 0 Å². The van der Waals surface area contributed by atoms with Crippen LogP contribution in [0.15, 0.2) is 54.9 Å². The van der Waals surface area contributed by atoms with Crippen LogP contribution in [0.2, 0.25) is 0 Å². The standard InChI is InChI=1S/C17H17N3O2/c1-22-10-9-18-17(21)13-7-8-16-15(11-13)19-12-20(16)14-5-3-2-4-6-14/h2-8,11-12H,9-10H2,1H3,(H,18,21). The van der Waals surface area contributed by atoms with Gasteiger partial charge in [0.05, 0.1) is 17.6 Å². The van der Waals surface area contributed by atoms with Gasteiger partial charge in [0, 0.05) is 24.9 Å². The Kier molecular flexibility index (Phi) is 4.16. The van der Waals surface area contributed by atoms with E-state index in [4.69, 9.17) is 4.74 Å². The van der Waals surface area contributed by atoms with Gasteiger partial charge in [0.25, 0.3) is 5.91 Å². The Bertz CT molecular complexity index is 781. The van der Waals surface area contributed by atoms with Crippen molar-refractivity contribution in [3.8, 4) is 5.69 Å². The second kappa shape index (κ2) is 6.41. The number of aromatic nitrogens is 2. The fraction of sp³-hybridized carbons (Fsp3) is 0.176. The zero-order valence-electron chi connectivity index (χ0n) is 12.3. The molecule has 0 saturated carbocycles. The fourth-order valence-electron chi connectivity index (χ4n) is 2.32. The number of amides is 1. The second-order valence-electron chi connectivity index (χ2n) is 4.90. The summed E-state index contributed by atoms with van der Waals surface area (Å²) in [4.78, 5) is 16.4. The number of para-hydroxylation sites is 1. The van der Waals surface area contributed by atoms with E-state index in [9.17, 15) is 4.79 Å². The van der Waals surface area contributed by atoms with E-state index in [0.29, 0.717) is 18.7 Å². The van der Waals surface area contributed by atoms with E-state index in [1.807, 2.05) is 47.0 Å². The molecule has 0 atom stereocenters. The van der Waals surface area contributed by atoms with Gasteiger partial charge in [-0.05, 0) is 30.3 Å². The summed E-state index contributed by atoms with van der Waals surface area (Å²) in [5, 5.41) is 2.80. The number of benzene rings is 2. The molecule has 2 aromatic carbocycles. The highest BCUT2D eigenvalue weighted by atomic mass is 16.5. The summed E-state index contributed by atoms with van der Waals surface area (Å²) in [6.45, 7) is 0.989. The molecule has 0 aliphatic carbocycles. The molecule has 1 heterocycles. The number of fused-ring (bicyclic) bond motifs is 1. The number of carbonyl (C=O) groups is 1. The maximum atomic E-state index is 12.0. The lowest BCUT2D eigenvalue weighted by Gasteiger charge is -2.06. The minimum atomic E-state index is -0.117. The Morgan fingerprint density at radius 2 is 2.05 bits per heavy atom. The normalized spacial score (nSPS) is 10.8. The molecule has 0 unspecified atom stereocenters. The van der Waals surface area contributed by atoms with Crippen molar-refractivity contribution in [3.05, 3.63) is 60.4 Å². The molecule has 5 heteroatoms. The van der Waals surface area contributed by atoms with Crippen molar-refractivity contribution in [1.82, 2.24) is 14.9 Å². The third-order valence-electron chi connectivity index (χ3n) is 3.44. The van der Waals surface area contributed by atoms with E-state index in [2.05, 4.69) is 10.3 Å². The first-order valence-electron chi connectivity index (χ1n) is 7.09. The van der Waals surface area contributed by atoms with E-state index in [0.717, 1.165) is 16.7 Å². The van der Waals surface area contributed by atoms with E-state index < -0.39 is 0 Å². The molecule has 3 rings (SSSR count). The summed E-state index contributed by atoms with van der Waals surface area (Å²) in [7, 11) is 1.61. The third kappa shape index (κ3) is 2.84. The van der Waals surface area contributed by atoms with Crippen LogP contribution >= 0.6 is 0 Å². The van der Waals surface area contributed by atoms with Gasteiger partial charge < -0.3 is 10.1 Å². The largest absolute Gasteiger partial charge is 0.383 e. The van der Waals surface area contributed by atoms with Gasteiger partial charge in [-0.25, -0.2) is 4.98 Å². The lowest BCUT2D eigenvalue weighted by Crippen LogP contribution is -2.26. The maximum absolute atomic E-state index is 12.0. The Morgan fingerprint density at radius 1 is 1.23 bits per heavy atom. The number of hydrogen-bond donors (Lipinski definition) is 1. The minimum Gasteiger partial charge on any atom is -0.383 e. The molecule has 1 N–H and O–H groups in total. The predicted molar refractivity (Wildman–Crippen MR) is 85.3 cm³/mol. The lowest BCUT2D eigenvalue weighted by atomic mass is 10.2. The number of nitrogens with one attached hydrogen (secondary N) is 1. The van der Waals surface area contributed by atoms with Crippen molar-refractivity contribution in [3.63, 3.8) is 0 Å². The van der Waals surface area contributed by atoms with Crippen LogP contribution in [-0.2, 0) is 4.74 Å². The Hall–Kier alpha value is -2.66. The number of nitrogens with zero attached hydrogens (tertiary/aromatic N) is 2. The van der Waals surface area contributed by atoms with Crippen molar-refractivity contribution in [2.45, 2.75) is 0 Å².